The molecule has 4 heteroatoms. The summed E-state index contributed by atoms with van der Waals surface area (Å²) in [7, 11) is 0. The van der Waals surface area contributed by atoms with Gasteiger partial charge in [0, 0.05) is 35.7 Å². The molecule has 0 saturated carbocycles. The zero-order chi connectivity index (χ0) is 13.8. The number of aliphatic hydroxyl groups is 1. The first kappa shape index (κ1) is 17.0. The Morgan fingerprint density at radius 2 is 1.95 bits per heavy atom. The minimum atomic E-state index is 0. The van der Waals surface area contributed by atoms with Crippen molar-refractivity contribution < 1.29 is 5.11 Å². The molecule has 2 rings (SSSR count). The van der Waals surface area contributed by atoms with Crippen LogP contribution in [-0.2, 0) is 6.54 Å². The Balaban J connectivity index is 0.00000200. The van der Waals surface area contributed by atoms with Crippen molar-refractivity contribution in [1.82, 2.24) is 9.88 Å². The zero-order valence-electron chi connectivity index (χ0n) is 12.5. The minimum Gasteiger partial charge on any atom is -0.395 e. The summed E-state index contributed by atoms with van der Waals surface area (Å²) in [6, 6.07) is 9.15. The maximum absolute atomic E-state index is 9.24. The van der Waals surface area contributed by atoms with Crippen molar-refractivity contribution in [3.63, 3.8) is 0 Å². The normalized spacial score (nSPS) is 12.7. The van der Waals surface area contributed by atoms with Crippen molar-refractivity contribution in [2.45, 2.75) is 45.8 Å². The highest BCUT2D eigenvalue weighted by Crippen LogP contribution is 2.24. The highest BCUT2D eigenvalue weighted by molar-refractivity contribution is 5.85. The first-order valence-corrected chi connectivity index (χ1v) is 7.10. The number of aliphatic hydroxyl groups excluding tert-OH is 1. The molecule has 0 spiro atoms. The van der Waals surface area contributed by atoms with Crippen LogP contribution in [0, 0.1) is 0 Å². The third-order valence-corrected chi connectivity index (χ3v) is 3.67. The van der Waals surface area contributed by atoms with E-state index in [1.165, 1.54) is 16.5 Å². The van der Waals surface area contributed by atoms with Crippen molar-refractivity contribution in [3.05, 3.63) is 36.0 Å². The summed E-state index contributed by atoms with van der Waals surface area (Å²) >= 11 is 0. The second-order valence-electron chi connectivity index (χ2n) is 5.34. The molecule has 1 aromatic carbocycles. The van der Waals surface area contributed by atoms with Crippen LogP contribution >= 0.6 is 12.4 Å². The van der Waals surface area contributed by atoms with Gasteiger partial charge in [-0.15, -0.1) is 12.4 Å². The van der Waals surface area contributed by atoms with E-state index in [1.807, 2.05) is 0 Å². The summed E-state index contributed by atoms with van der Waals surface area (Å²) in [4.78, 5) is 0. The van der Waals surface area contributed by atoms with Crippen LogP contribution in [0.25, 0.3) is 10.9 Å². The van der Waals surface area contributed by atoms with Gasteiger partial charge in [0.2, 0.25) is 0 Å². The lowest BCUT2D eigenvalue weighted by molar-refractivity contribution is 0.238. The molecular formula is C16H25ClN2O. The van der Waals surface area contributed by atoms with Crippen molar-refractivity contribution in [2.75, 3.05) is 6.61 Å². The van der Waals surface area contributed by atoms with Gasteiger partial charge in [-0.3, -0.25) is 0 Å². The van der Waals surface area contributed by atoms with Crippen molar-refractivity contribution in [1.29, 1.82) is 0 Å². The van der Waals surface area contributed by atoms with E-state index in [0.717, 1.165) is 13.0 Å². The van der Waals surface area contributed by atoms with Gasteiger partial charge in [-0.2, -0.15) is 0 Å². The third kappa shape index (κ3) is 3.54. The van der Waals surface area contributed by atoms with Gasteiger partial charge in [0.1, 0.15) is 0 Å². The lowest BCUT2D eigenvalue weighted by Crippen LogP contribution is -2.31. The minimum absolute atomic E-state index is 0. The van der Waals surface area contributed by atoms with Crippen LogP contribution in [-0.4, -0.2) is 22.3 Å². The second-order valence-corrected chi connectivity index (χ2v) is 5.34. The van der Waals surface area contributed by atoms with Gasteiger partial charge in [-0.25, -0.2) is 0 Å². The molecule has 0 aliphatic carbocycles. The van der Waals surface area contributed by atoms with Gasteiger partial charge in [-0.05, 0) is 31.9 Å². The molecule has 2 N–H and O–H groups in total. The summed E-state index contributed by atoms with van der Waals surface area (Å²) in [6.45, 7) is 7.49. The zero-order valence-corrected chi connectivity index (χ0v) is 13.3. The smallest absolute Gasteiger partial charge is 0.0584 e. The molecule has 0 fully saturated rings. The van der Waals surface area contributed by atoms with Crippen molar-refractivity contribution >= 4 is 23.3 Å². The molecule has 0 saturated heterocycles. The number of fused-ring (bicyclic) bond motifs is 1. The Hall–Kier alpha value is -1.03. The second kappa shape index (κ2) is 7.67. The predicted molar refractivity (Wildman–Crippen MR) is 87.6 cm³/mol. The van der Waals surface area contributed by atoms with Crippen LogP contribution in [0.3, 0.4) is 0 Å². The van der Waals surface area contributed by atoms with Crippen LogP contribution in [0.4, 0.5) is 0 Å². The highest BCUT2D eigenvalue weighted by Gasteiger charge is 2.11. The first-order valence-electron chi connectivity index (χ1n) is 7.10. The van der Waals surface area contributed by atoms with Crippen molar-refractivity contribution in [2.24, 2.45) is 0 Å². The van der Waals surface area contributed by atoms with Gasteiger partial charge in [0.05, 0.1) is 6.61 Å². The molecule has 1 atom stereocenters. The molecule has 20 heavy (non-hydrogen) atoms. The molecule has 1 heterocycles. The van der Waals surface area contributed by atoms with E-state index < -0.39 is 0 Å². The Labute approximate surface area is 127 Å². The average molecular weight is 297 g/mol. The Morgan fingerprint density at radius 3 is 2.55 bits per heavy atom. The fraction of sp³-hybridized carbons (Fsp3) is 0.500. The monoisotopic (exact) mass is 296 g/mol. The largest absolute Gasteiger partial charge is 0.395 e. The Morgan fingerprint density at radius 1 is 1.25 bits per heavy atom. The molecular weight excluding hydrogens is 272 g/mol. The first-order chi connectivity index (χ1) is 9.17. The van der Waals surface area contributed by atoms with E-state index in [0.29, 0.717) is 6.04 Å². The van der Waals surface area contributed by atoms with Gasteiger partial charge in [0.25, 0.3) is 0 Å². The van der Waals surface area contributed by atoms with E-state index in [4.69, 9.17) is 0 Å². The number of hydrogen-bond donors (Lipinski definition) is 2. The van der Waals surface area contributed by atoms with E-state index in [9.17, 15) is 5.11 Å². The molecule has 0 radical (unpaired) electrons. The summed E-state index contributed by atoms with van der Waals surface area (Å²) in [6.07, 6.45) is 3.17. The Kier molecular flexibility index (Phi) is 6.53. The number of nitrogens with one attached hydrogen (secondary N) is 1. The molecule has 0 aliphatic heterocycles. The number of hydrogen-bond acceptors (Lipinski definition) is 2. The number of aromatic nitrogens is 1. The summed E-state index contributed by atoms with van der Waals surface area (Å²) < 4.78 is 2.31. The van der Waals surface area contributed by atoms with Crippen LogP contribution in [0.1, 0.15) is 38.8 Å². The average Bonchev–Trinajstić information content (AvgIpc) is 2.79. The quantitative estimate of drug-likeness (QED) is 0.856. The van der Waals surface area contributed by atoms with Crippen molar-refractivity contribution in [3.8, 4) is 0 Å². The standard InChI is InChI=1S/C16H24N2O.ClH/c1-4-14(11-19)17-9-13-10-18(12(2)3)16-8-6-5-7-15(13)16;/h5-8,10,12,14,17,19H,4,9,11H2,1-3H3;1H. The van der Waals surface area contributed by atoms with Crippen LogP contribution < -0.4 is 5.32 Å². The Bertz CT molecular complexity index is 532. The van der Waals surface area contributed by atoms with E-state index in [-0.39, 0.29) is 25.1 Å². The fourth-order valence-corrected chi connectivity index (χ4v) is 2.44. The van der Waals surface area contributed by atoms with E-state index in [1.54, 1.807) is 0 Å². The highest BCUT2D eigenvalue weighted by atomic mass is 35.5. The summed E-state index contributed by atoms with van der Waals surface area (Å²) in [5, 5.41) is 14.0. The third-order valence-electron chi connectivity index (χ3n) is 3.67. The number of rotatable bonds is 6. The van der Waals surface area contributed by atoms with Crippen LogP contribution in [0.5, 0.6) is 0 Å². The number of nitrogens with zero attached hydrogens (tertiary/aromatic N) is 1. The van der Waals surface area contributed by atoms with Gasteiger partial charge < -0.3 is 15.0 Å². The molecule has 3 nitrogen and oxygen atoms in total. The van der Waals surface area contributed by atoms with Gasteiger partial charge in [0.15, 0.2) is 0 Å². The van der Waals surface area contributed by atoms with Crippen LogP contribution in [0.15, 0.2) is 30.5 Å². The topological polar surface area (TPSA) is 37.2 Å². The SMILES string of the molecule is CCC(CO)NCc1cn(C(C)C)c2ccccc12.Cl. The molecule has 0 bridgehead atoms. The fourth-order valence-electron chi connectivity index (χ4n) is 2.44. The number of benzene rings is 1. The molecule has 1 aromatic heterocycles. The maximum atomic E-state index is 9.24. The predicted octanol–water partition coefficient (Wildman–Crippen LogP) is 3.50. The molecule has 112 valence electrons. The van der Waals surface area contributed by atoms with Gasteiger partial charge in [-0.1, -0.05) is 25.1 Å². The summed E-state index contributed by atoms with van der Waals surface area (Å²) in [5.41, 5.74) is 2.59. The van der Waals surface area contributed by atoms with Gasteiger partial charge >= 0.3 is 0 Å². The summed E-state index contributed by atoms with van der Waals surface area (Å²) in [5.74, 6) is 0. The van der Waals surface area contributed by atoms with E-state index >= 15 is 0 Å². The van der Waals surface area contributed by atoms with Crippen LogP contribution in [0.2, 0.25) is 0 Å². The molecule has 0 amide bonds. The van der Waals surface area contributed by atoms with E-state index in [2.05, 4.69) is 61.1 Å². The lowest BCUT2D eigenvalue weighted by Gasteiger charge is -2.13. The molecule has 2 aromatic rings. The molecule has 1 unspecified atom stereocenters. The maximum Gasteiger partial charge on any atom is 0.0584 e. The number of halogens is 1. The lowest BCUT2D eigenvalue weighted by atomic mass is 10.1. The molecule has 0 aliphatic rings. The number of para-hydroxylation sites is 1.